The van der Waals surface area contributed by atoms with Gasteiger partial charge in [0, 0.05) is 12.1 Å². The Kier molecular flexibility index (Phi) is 2.46. The summed E-state index contributed by atoms with van der Waals surface area (Å²) in [4.78, 5) is 11.6. The molecule has 0 saturated heterocycles. The van der Waals surface area contributed by atoms with E-state index in [4.69, 9.17) is 13.1 Å². The lowest BCUT2D eigenvalue weighted by atomic mass is 9.90. The largest absolute Gasteiger partial charge is 0.325 e. The van der Waals surface area contributed by atoms with Crippen LogP contribution in [0.15, 0.2) is 18.2 Å². The van der Waals surface area contributed by atoms with Gasteiger partial charge in [0.25, 0.3) is 0 Å². The number of anilines is 1. The van der Waals surface area contributed by atoms with E-state index >= 15 is 0 Å². The van der Waals surface area contributed by atoms with Crippen LogP contribution < -0.4 is 10.8 Å². The van der Waals surface area contributed by atoms with Crippen molar-refractivity contribution in [3.63, 3.8) is 0 Å². The summed E-state index contributed by atoms with van der Waals surface area (Å²) < 4.78 is 0. The average molecular weight is 196 g/mol. The second-order valence-corrected chi connectivity index (χ2v) is 3.59. The van der Waals surface area contributed by atoms with E-state index in [-0.39, 0.29) is 11.8 Å². The Balaban J connectivity index is 2.30. The molecule has 1 amide bonds. The van der Waals surface area contributed by atoms with Crippen LogP contribution in [-0.2, 0) is 4.79 Å². The Bertz CT molecular complexity index is 450. The van der Waals surface area contributed by atoms with Gasteiger partial charge < -0.3 is 5.32 Å². The number of hydrogen-bond donors (Lipinski definition) is 1. The fraction of sp³-hybridized carbons (Fsp3) is 0.273. The smallest absolute Gasteiger partial charge is 0.232 e. The molecule has 72 valence electrons. The van der Waals surface area contributed by atoms with E-state index in [1.54, 1.807) is 12.1 Å². The molecule has 0 fully saturated rings. The number of nitrogens with one attached hydrogen (secondary N) is 1. The fourth-order valence-corrected chi connectivity index (χ4v) is 1.84. The molecule has 1 aromatic carbocycles. The molecular weight excluding hydrogens is 187 g/mol. The van der Waals surface area contributed by atoms with Gasteiger partial charge in [-0.2, -0.15) is 5.26 Å². The van der Waals surface area contributed by atoms with Crippen molar-refractivity contribution in [2.45, 2.75) is 18.8 Å². The molecule has 4 heteroatoms. The van der Waals surface area contributed by atoms with Crippen LogP contribution in [0.2, 0.25) is 0 Å². The number of hydrogen-bond acceptors (Lipinski definition) is 2. The Morgan fingerprint density at radius 3 is 3.07 bits per heavy atom. The van der Waals surface area contributed by atoms with E-state index in [0.29, 0.717) is 18.3 Å². The van der Waals surface area contributed by atoms with Crippen LogP contribution in [0.25, 0.3) is 0 Å². The predicted molar refractivity (Wildman–Crippen MR) is 58.0 cm³/mol. The SMILES string of the molecule is [B]c1ccc2c(c1)NC(=O)C2CCC#N. The number of rotatable bonds is 2. The van der Waals surface area contributed by atoms with E-state index in [2.05, 4.69) is 11.4 Å². The molecule has 1 atom stereocenters. The number of carbonyl (C=O) groups excluding carboxylic acids is 1. The summed E-state index contributed by atoms with van der Waals surface area (Å²) in [6, 6.07) is 7.43. The quantitative estimate of drug-likeness (QED) is 0.711. The molecule has 0 bridgehead atoms. The van der Waals surface area contributed by atoms with Crippen molar-refractivity contribution >= 4 is 24.9 Å². The van der Waals surface area contributed by atoms with Crippen molar-refractivity contribution in [3.05, 3.63) is 23.8 Å². The van der Waals surface area contributed by atoms with Gasteiger partial charge in [-0.3, -0.25) is 4.79 Å². The molecule has 2 radical (unpaired) electrons. The highest BCUT2D eigenvalue weighted by atomic mass is 16.2. The average Bonchev–Trinajstić information content (AvgIpc) is 2.50. The molecular formula is C11H9BN2O. The molecule has 2 rings (SSSR count). The lowest BCUT2D eigenvalue weighted by molar-refractivity contribution is -0.117. The van der Waals surface area contributed by atoms with Gasteiger partial charge in [-0.15, -0.1) is 0 Å². The third kappa shape index (κ3) is 1.73. The van der Waals surface area contributed by atoms with Gasteiger partial charge in [-0.05, 0) is 18.1 Å². The highest BCUT2D eigenvalue weighted by Gasteiger charge is 2.29. The highest BCUT2D eigenvalue weighted by molar-refractivity contribution is 6.32. The third-order valence-corrected chi connectivity index (χ3v) is 2.57. The number of nitriles is 1. The Morgan fingerprint density at radius 1 is 1.53 bits per heavy atom. The van der Waals surface area contributed by atoms with E-state index in [0.717, 1.165) is 11.3 Å². The normalized spacial score (nSPS) is 18.1. The van der Waals surface area contributed by atoms with Gasteiger partial charge in [0.1, 0.15) is 7.85 Å². The van der Waals surface area contributed by atoms with Crippen molar-refractivity contribution < 1.29 is 4.79 Å². The lowest BCUT2D eigenvalue weighted by Gasteiger charge is -2.05. The Morgan fingerprint density at radius 2 is 2.33 bits per heavy atom. The Labute approximate surface area is 89.5 Å². The molecule has 0 aliphatic carbocycles. The first-order valence-electron chi connectivity index (χ1n) is 4.79. The first-order chi connectivity index (χ1) is 7.22. The fourth-order valence-electron chi connectivity index (χ4n) is 1.84. The van der Waals surface area contributed by atoms with Gasteiger partial charge in [0.05, 0.1) is 12.0 Å². The first-order valence-corrected chi connectivity index (χ1v) is 4.79. The molecule has 0 saturated carbocycles. The number of nitrogens with zero attached hydrogens (tertiary/aromatic N) is 1. The maximum atomic E-state index is 11.6. The van der Waals surface area contributed by atoms with Crippen LogP contribution in [0, 0.1) is 11.3 Å². The zero-order chi connectivity index (χ0) is 10.8. The van der Waals surface area contributed by atoms with Crippen molar-refractivity contribution in [3.8, 4) is 6.07 Å². The summed E-state index contributed by atoms with van der Waals surface area (Å²) >= 11 is 0. The van der Waals surface area contributed by atoms with Crippen molar-refractivity contribution in [1.82, 2.24) is 0 Å². The minimum atomic E-state index is -0.194. The zero-order valence-corrected chi connectivity index (χ0v) is 8.16. The summed E-state index contributed by atoms with van der Waals surface area (Å²) in [7, 11) is 5.62. The van der Waals surface area contributed by atoms with Gasteiger partial charge >= 0.3 is 0 Å². The summed E-state index contributed by atoms with van der Waals surface area (Å²) in [5, 5.41) is 11.3. The molecule has 1 aromatic rings. The van der Waals surface area contributed by atoms with Crippen molar-refractivity contribution in [1.29, 1.82) is 5.26 Å². The monoisotopic (exact) mass is 196 g/mol. The summed E-state index contributed by atoms with van der Waals surface area (Å²) in [5.41, 5.74) is 2.36. The van der Waals surface area contributed by atoms with Gasteiger partial charge in [0.2, 0.25) is 5.91 Å². The molecule has 1 aliphatic heterocycles. The number of carbonyl (C=O) groups is 1. The van der Waals surface area contributed by atoms with E-state index in [9.17, 15) is 4.79 Å². The molecule has 3 nitrogen and oxygen atoms in total. The maximum Gasteiger partial charge on any atom is 0.232 e. The van der Waals surface area contributed by atoms with Gasteiger partial charge in [-0.25, -0.2) is 0 Å². The topological polar surface area (TPSA) is 52.9 Å². The van der Waals surface area contributed by atoms with Crippen LogP contribution in [0.5, 0.6) is 0 Å². The first kappa shape index (κ1) is 9.79. The second kappa shape index (κ2) is 3.78. The van der Waals surface area contributed by atoms with Crippen LogP contribution in [0.3, 0.4) is 0 Å². The summed E-state index contributed by atoms with van der Waals surface area (Å²) in [5.74, 6) is -0.230. The van der Waals surface area contributed by atoms with E-state index in [1.807, 2.05) is 6.07 Å². The molecule has 1 N–H and O–H groups in total. The number of fused-ring (bicyclic) bond motifs is 1. The molecule has 1 unspecified atom stereocenters. The second-order valence-electron chi connectivity index (χ2n) is 3.59. The van der Waals surface area contributed by atoms with Crippen LogP contribution in [0.1, 0.15) is 24.3 Å². The van der Waals surface area contributed by atoms with Crippen molar-refractivity contribution in [2.75, 3.05) is 5.32 Å². The minimum Gasteiger partial charge on any atom is -0.325 e. The van der Waals surface area contributed by atoms with Gasteiger partial charge in [-0.1, -0.05) is 17.6 Å². The molecule has 15 heavy (non-hydrogen) atoms. The lowest BCUT2D eigenvalue weighted by Crippen LogP contribution is -2.11. The predicted octanol–water partition coefficient (Wildman–Crippen LogP) is 0.820. The van der Waals surface area contributed by atoms with Crippen LogP contribution in [-0.4, -0.2) is 13.8 Å². The van der Waals surface area contributed by atoms with Crippen LogP contribution in [0.4, 0.5) is 5.69 Å². The van der Waals surface area contributed by atoms with Crippen molar-refractivity contribution in [2.24, 2.45) is 0 Å². The Hall–Kier alpha value is -1.76. The summed E-state index contributed by atoms with van der Waals surface area (Å²) in [6.45, 7) is 0. The molecule has 0 aromatic heterocycles. The maximum absolute atomic E-state index is 11.6. The molecule has 1 aliphatic rings. The van der Waals surface area contributed by atoms with E-state index < -0.39 is 0 Å². The number of benzene rings is 1. The standard InChI is InChI=1S/C11H9BN2O/c12-7-3-4-8-9(2-1-5-13)11(15)14-10(8)6-7/h3-4,6,9H,1-2H2,(H,14,15). The minimum absolute atomic E-state index is 0.0362. The third-order valence-electron chi connectivity index (χ3n) is 2.57. The van der Waals surface area contributed by atoms with Crippen LogP contribution >= 0.6 is 0 Å². The zero-order valence-electron chi connectivity index (χ0n) is 8.16. The molecule has 0 spiro atoms. The van der Waals surface area contributed by atoms with Gasteiger partial charge in [0.15, 0.2) is 0 Å². The highest BCUT2D eigenvalue weighted by Crippen LogP contribution is 2.34. The molecule has 1 heterocycles. The summed E-state index contributed by atoms with van der Waals surface area (Å²) in [6.07, 6.45) is 0.959. The number of amides is 1. The van der Waals surface area contributed by atoms with E-state index in [1.165, 1.54) is 0 Å².